The molecule has 0 fully saturated rings. The second-order valence-corrected chi connectivity index (χ2v) is 5.07. The molecule has 2 unspecified atom stereocenters. The Labute approximate surface area is 125 Å². The van der Waals surface area contributed by atoms with Gasteiger partial charge in [0.1, 0.15) is 23.6 Å². The molecular formula is C16H22N2O3. The number of methoxy groups -OCH3 is 1. The zero-order chi connectivity index (χ0) is 15.2. The molecule has 0 saturated carbocycles. The van der Waals surface area contributed by atoms with E-state index in [1.54, 1.807) is 7.11 Å². The van der Waals surface area contributed by atoms with Gasteiger partial charge in [0.05, 0.1) is 19.3 Å². The zero-order valence-electron chi connectivity index (χ0n) is 12.8. The highest BCUT2D eigenvalue weighted by atomic mass is 16.5. The molecule has 0 spiro atoms. The van der Waals surface area contributed by atoms with Crippen molar-refractivity contribution >= 4 is 0 Å². The first-order valence-electron chi connectivity index (χ1n) is 7.27. The number of nitrogens with one attached hydrogen (secondary N) is 1. The molecule has 1 heterocycles. The van der Waals surface area contributed by atoms with Crippen molar-refractivity contribution in [3.05, 3.63) is 23.3 Å². The Morgan fingerprint density at radius 3 is 3.00 bits per heavy atom. The maximum atomic E-state index is 9.42. The summed E-state index contributed by atoms with van der Waals surface area (Å²) in [6.45, 7) is 5.71. The molecule has 0 radical (unpaired) electrons. The maximum absolute atomic E-state index is 9.42. The topological polar surface area (TPSA) is 63.5 Å². The van der Waals surface area contributed by atoms with Gasteiger partial charge >= 0.3 is 0 Å². The number of nitrogens with zero attached hydrogens (tertiary/aromatic N) is 1. The van der Waals surface area contributed by atoms with Crippen LogP contribution in [0.2, 0.25) is 0 Å². The predicted octanol–water partition coefficient (Wildman–Crippen LogP) is 2.21. The highest BCUT2D eigenvalue weighted by Gasteiger charge is 2.24. The summed E-state index contributed by atoms with van der Waals surface area (Å²) in [6.07, 6.45) is 1.05. The summed E-state index contributed by atoms with van der Waals surface area (Å²) in [5.74, 6) is 1.61. The van der Waals surface area contributed by atoms with Crippen molar-refractivity contribution in [2.75, 3.05) is 26.9 Å². The second kappa shape index (κ2) is 7.30. The third kappa shape index (κ3) is 3.66. The van der Waals surface area contributed by atoms with Gasteiger partial charge in [0.15, 0.2) is 0 Å². The van der Waals surface area contributed by atoms with Gasteiger partial charge in [-0.3, -0.25) is 5.32 Å². The van der Waals surface area contributed by atoms with Gasteiger partial charge in [-0.1, -0.05) is 0 Å². The van der Waals surface area contributed by atoms with E-state index in [-0.39, 0.29) is 6.10 Å². The third-order valence-electron chi connectivity index (χ3n) is 3.42. The molecule has 0 bridgehead atoms. The lowest BCUT2D eigenvalue weighted by atomic mass is 10.0. The van der Waals surface area contributed by atoms with Crippen molar-refractivity contribution in [1.82, 2.24) is 5.32 Å². The van der Waals surface area contributed by atoms with Gasteiger partial charge in [-0.05, 0) is 26.0 Å². The Bertz CT molecular complexity index is 525. The molecule has 0 amide bonds. The Kier molecular flexibility index (Phi) is 5.43. The number of hydrogen-bond acceptors (Lipinski definition) is 5. The summed E-state index contributed by atoms with van der Waals surface area (Å²) in [5.41, 5.74) is 1.96. The van der Waals surface area contributed by atoms with E-state index in [0.29, 0.717) is 19.8 Å². The third-order valence-corrected chi connectivity index (χ3v) is 3.42. The fourth-order valence-corrected chi connectivity index (χ4v) is 2.49. The van der Waals surface area contributed by atoms with Crippen LogP contribution in [0.4, 0.5) is 0 Å². The molecule has 1 aromatic rings. The quantitative estimate of drug-likeness (QED) is 0.780. The number of benzene rings is 1. The Morgan fingerprint density at radius 1 is 1.52 bits per heavy atom. The number of ether oxygens (including phenoxy) is 3. The molecule has 0 aromatic heterocycles. The fourth-order valence-electron chi connectivity index (χ4n) is 2.49. The first kappa shape index (κ1) is 15.6. The SMILES string of the molecule is CCOc1cc2c(cc1C(C#N)NCCOC)OC(C)C2. The van der Waals surface area contributed by atoms with E-state index in [9.17, 15) is 5.26 Å². The predicted molar refractivity (Wildman–Crippen MR) is 79.6 cm³/mol. The lowest BCUT2D eigenvalue weighted by Crippen LogP contribution is -2.24. The van der Waals surface area contributed by atoms with Crippen LogP contribution in [-0.2, 0) is 11.2 Å². The summed E-state index contributed by atoms with van der Waals surface area (Å²) >= 11 is 0. The summed E-state index contributed by atoms with van der Waals surface area (Å²) in [5, 5.41) is 12.6. The van der Waals surface area contributed by atoms with Crippen LogP contribution in [0.3, 0.4) is 0 Å². The average molecular weight is 290 g/mol. The minimum Gasteiger partial charge on any atom is -0.493 e. The largest absolute Gasteiger partial charge is 0.493 e. The smallest absolute Gasteiger partial charge is 0.125 e. The van der Waals surface area contributed by atoms with Crippen molar-refractivity contribution in [3.8, 4) is 17.6 Å². The number of hydrogen-bond donors (Lipinski definition) is 1. The summed E-state index contributed by atoms with van der Waals surface area (Å²) in [4.78, 5) is 0. The second-order valence-electron chi connectivity index (χ2n) is 5.07. The monoisotopic (exact) mass is 290 g/mol. The van der Waals surface area contributed by atoms with Gasteiger partial charge in [0.25, 0.3) is 0 Å². The summed E-state index contributed by atoms with van der Waals surface area (Å²) < 4.78 is 16.5. The molecule has 2 rings (SSSR count). The molecule has 0 saturated heterocycles. The van der Waals surface area contributed by atoms with Crippen LogP contribution < -0.4 is 14.8 Å². The lowest BCUT2D eigenvalue weighted by molar-refractivity contribution is 0.197. The molecule has 1 aromatic carbocycles. The molecule has 1 aliphatic heterocycles. The van der Waals surface area contributed by atoms with E-state index in [1.807, 2.05) is 26.0 Å². The Balaban J connectivity index is 2.27. The Morgan fingerprint density at radius 2 is 2.33 bits per heavy atom. The van der Waals surface area contributed by atoms with Crippen LogP contribution in [0, 0.1) is 11.3 Å². The van der Waals surface area contributed by atoms with E-state index in [2.05, 4.69) is 11.4 Å². The van der Waals surface area contributed by atoms with E-state index < -0.39 is 6.04 Å². The molecule has 2 atom stereocenters. The number of nitriles is 1. The Hall–Kier alpha value is -1.77. The van der Waals surface area contributed by atoms with E-state index >= 15 is 0 Å². The molecule has 21 heavy (non-hydrogen) atoms. The number of rotatable bonds is 7. The fraction of sp³-hybridized carbons (Fsp3) is 0.562. The van der Waals surface area contributed by atoms with Crippen LogP contribution in [0.1, 0.15) is 31.0 Å². The zero-order valence-corrected chi connectivity index (χ0v) is 12.8. The first-order valence-corrected chi connectivity index (χ1v) is 7.27. The normalized spacial score (nSPS) is 17.7. The van der Waals surface area contributed by atoms with Crippen LogP contribution in [0.5, 0.6) is 11.5 Å². The van der Waals surface area contributed by atoms with Crippen molar-refractivity contribution in [3.63, 3.8) is 0 Å². The van der Waals surface area contributed by atoms with E-state index in [0.717, 1.165) is 29.0 Å². The highest BCUT2D eigenvalue weighted by molar-refractivity contribution is 5.51. The summed E-state index contributed by atoms with van der Waals surface area (Å²) in [6, 6.07) is 5.77. The van der Waals surface area contributed by atoms with Crippen LogP contribution >= 0.6 is 0 Å². The molecule has 1 aliphatic rings. The highest BCUT2D eigenvalue weighted by Crippen LogP contribution is 2.37. The molecule has 5 heteroatoms. The molecule has 1 N–H and O–H groups in total. The average Bonchev–Trinajstić information content (AvgIpc) is 2.83. The minimum absolute atomic E-state index is 0.173. The molecule has 5 nitrogen and oxygen atoms in total. The lowest BCUT2D eigenvalue weighted by Gasteiger charge is -2.17. The molecular weight excluding hydrogens is 268 g/mol. The first-order chi connectivity index (χ1) is 10.2. The van der Waals surface area contributed by atoms with Gasteiger partial charge in [-0.15, -0.1) is 0 Å². The maximum Gasteiger partial charge on any atom is 0.125 e. The van der Waals surface area contributed by atoms with Gasteiger partial charge in [0, 0.05) is 31.2 Å². The minimum atomic E-state index is -0.438. The van der Waals surface area contributed by atoms with Crippen LogP contribution in [-0.4, -0.2) is 33.0 Å². The number of fused-ring (bicyclic) bond motifs is 1. The standard InChI is InChI=1S/C16H22N2O3/c1-4-20-16-8-12-7-11(2)21-15(12)9-13(16)14(10-17)18-5-6-19-3/h8-9,11,14,18H,4-7H2,1-3H3. The van der Waals surface area contributed by atoms with Crippen molar-refractivity contribution in [1.29, 1.82) is 5.26 Å². The molecule has 114 valence electrons. The van der Waals surface area contributed by atoms with Crippen LogP contribution in [0.15, 0.2) is 12.1 Å². The van der Waals surface area contributed by atoms with Gasteiger partial charge < -0.3 is 14.2 Å². The summed E-state index contributed by atoms with van der Waals surface area (Å²) in [7, 11) is 1.64. The molecule has 0 aliphatic carbocycles. The van der Waals surface area contributed by atoms with Crippen molar-refractivity contribution < 1.29 is 14.2 Å². The van der Waals surface area contributed by atoms with Gasteiger partial charge in [-0.2, -0.15) is 5.26 Å². The van der Waals surface area contributed by atoms with E-state index in [1.165, 1.54) is 0 Å². The van der Waals surface area contributed by atoms with Gasteiger partial charge in [-0.25, -0.2) is 0 Å². The van der Waals surface area contributed by atoms with E-state index in [4.69, 9.17) is 14.2 Å². The van der Waals surface area contributed by atoms with Crippen LogP contribution in [0.25, 0.3) is 0 Å². The van der Waals surface area contributed by atoms with Crippen molar-refractivity contribution in [2.24, 2.45) is 0 Å². The van der Waals surface area contributed by atoms with Gasteiger partial charge in [0.2, 0.25) is 0 Å². The van der Waals surface area contributed by atoms with Crippen molar-refractivity contribution in [2.45, 2.75) is 32.4 Å².